The van der Waals surface area contributed by atoms with Crippen LogP contribution in [0.2, 0.25) is 0 Å². The molecule has 0 saturated carbocycles. The summed E-state index contributed by atoms with van der Waals surface area (Å²) in [4.78, 5) is 9.77. The minimum atomic E-state index is 0.768. The lowest BCUT2D eigenvalue weighted by atomic mass is 9.81. The van der Waals surface area contributed by atoms with Gasteiger partial charge in [-0.2, -0.15) is 0 Å². The Morgan fingerprint density at radius 3 is 2.02 bits per heavy atom. The fourth-order valence-electron chi connectivity index (χ4n) is 6.44. The highest BCUT2D eigenvalue weighted by Crippen LogP contribution is 2.49. The minimum absolute atomic E-state index is 0.768. The molecule has 0 atom stereocenters. The van der Waals surface area contributed by atoms with E-state index in [1.54, 1.807) is 0 Å². The molecule has 5 aromatic carbocycles. The molecule has 1 aliphatic carbocycles. The summed E-state index contributed by atoms with van der Waals surface area (Å²) in [6.45, 7) is 0. The van der Waals surface area contributed by atoms with Gasteiger partial charge in [0.1, 0.15) is 0 Å². The molecule has 0 fully saturated rings. The zero-order chi connectivity index (χ0) is 26.9. The first-order chi connectivity index (χ1) is 20.3. The van der Waals surface area contributed by atoms with E-state index in [9.17, 15) is 0 Å². The Bertz CT molecular complexity index is 2330. The van der Waals surface area contributed by atoms with Gasteiger partial charge < -0.3 is 0 Å². The molecule has 3 heteroatoms. The Hall–Kier alpha value is -5.12. The van der Waals surface area contributed by atoms with Crippen molar-refractivity contribution >= 4 is 42.5 Å². The van der Waals surface area contributed by atoms with E-state index in [1.807, 2.05) is 23.6 Å². The fourth-order valence-corrected chi connectivity index (χ4v) is 7.68. The number of hydrogen-bond donors (Lipinski definition) is 0. The molecule has 0 amide bonds. The molecular formula is C38H22N2S. The highest BCUT2D eigenvalue weighted by molar-refractivity contribution is 7.26. The van der Waals surface area contributed by atoms with E-state index in [1.165, 1.54) is 59.1 Å². The van der Waals surface area contributed by atoms with Crippen molar-refractivity contribution in [2.24, 2.45) is 0 Å². The van der Waals surface area contributed by atoms with E-state index in [0.29, 0.717) is 0 Å². The standard InChI is InChI=1S/C38H22N2S/c1-2-11-27-26(10-1)29-19-18-23(25-15-7-16-32-30-13-5-6-17-35(30)41-37(25)32)21-33(29)28-12-3-4-14-31(28)36-34(27)22-24-9-8-20-39-38(24)40-36/h1-22H. The van der Waals surface area contributed by atoms with E-state index < -0.39 is 0 Å². The van der Waals surface area contributed by atoms with Crippen LogP contribution in [0.3, 0.4) is 0 Å². The van der Waals surface area contributed by atoms with E-state index in [4.69, 9.17) is 4.98 Å². The van der Waals surface area contributed by atoms with Gasteiger partial charge in [0.15, 0.2) is 5.65 Å². The van der Waals surface area contributed by atoms with Crippen molar-refractivity contribution in [2.45, 2.75) is 0 Å². The van der Waals surface area contributed by atoms with Gasteiger partial charge in [-0.3, -0.25) is 0 Å². The lowest BCUT2D eigenvalue weighted by Crippen LogP contribution is -2.00. The fraction of sp³-hybridized carbons (Fsp3) is 0. The Balaban J connectivity index is 1.36. The number of benzene rings is 5. The van der Waals surface area contributed by atoms with E-state index in [0.717, 1.165) is 27.9 Å². The summed E-state index contributed by atoms with van der Waals surface area (Å²) in [5.41, 5.74) is 12.6. The number of nitrogens with zero attached hydrogens (tertiary/aromatic N) is 2. The maximum atomic E-state index is 5.17. The maximum Gasteiger partial charge on any atom is 0.159 e. The number of fused-ring (bicyclic) bond motifs is 12. The maximum absolute atomic E-state index is 5.17. The molecule has 0 aliphatic heterocycles. The van der Waals surface area contributed by atoms with Gasteiger partial charge in [-0.25, -0.2) is 9.97 Å². The molecule has 2 nitrogen and oxygen atoms in total. The van der Waals surface area contributed by atoms with Crippen molar-refractivity contribution in [2.75, 3.05) is 0 Å². The average Bonchev–Trinajstić information content (AvgIpc) is 3.42. The highest BCUT2D eigenvalue weighted by Gasteiger charge is 2.24. The first-order valence-corrected chi connectivity index (χ1v) is 14.7. The first kappa shape index (κ1) is 22.7. The largest absolute Gasteiger partial charge is 0.237 e. The van der Waals surface area contributed by atoms with Gasteiger partial charge in [-0.05, 0) is 69.3 Å². The summed E-state index contributed by atoms with van der Waals surface area (Å²) in [6, 6.07) is 46.1. The summed E-state index contributed by atoms with van der Waals surface area (Å²) in [5.74, 6) is 0. The third-order valence-corrected chi connectivity index (χ3v) is 9.52. The van der Waals surface area contributed by atoms with Crippen molar-refractivity contribution in [3.8, 4) is 55.8 Å². The van der Waals surface area contributed by atoms with E-state index in [2.05, 4.69) is 126 Å². The summed E-state index contributed by atoms with van der Waals surface area (Å²) >= 11 is 1.88. The molecule has 0 N–H and O–H groups in total. The van der Waals surface area contributed by atoms with Gasteiger partial charge in [0.25, 0.3) is 0 Å². The van der Waals surface area contributed by atoms with Crippen LogP contribution in [0.5, 0.6) is 0 Å². The van der Waals surface area contributed by atoms with Gasteiger partial charge in [0.2, 0.25) is 0 Å². The van der Waals surface area contributed by atoms with Crippen LogP contribution in [0.25, 0.3) is 87.0 Å². The summed E-state index contributed by atoms with van der Waals surface area (Å²) < 4.78 is 2.65. The summed E-state index contributed by atoms with van der Waals surface area (Å²) in [6.07, 6.45) is 1.82. The minimum Gasteiger partial charge on any atom is -0.237 e. The predicted molar refractivity (Wildman–Crippen MR) is 173 cm³/mol. The molecule has 0 radical (unpaired) electrons. The topological polar surface area (TPSA) is 25.8 Å². The van der Waals surface area contributed by atoms with Gasteiger partial charge in [-0.15, -0.1) is 11.3 Å². The van der Waals surface area contributed by atoms with Crippen LogP contribution in [0, 0.1) is 0 Å². The number of pyridine rings is 2. The van der Waals surface area contributed by atoms with Crippen LogP contribution in [0.4, 0.5) is 0 Å². The third kappa shape index (κ3) is 3.36. The molecule has 3 aromatic heterocycles. The van der Waals surface area contributed by atoms with Crippen LogP contribution < -0.4 is 0 Å². The van der Waals surface area contributed by atoms with Crippen molar-refractivity contribution in [3.05, 3.63) is 134 Å². The first-order valence-electron chi connectivity index (χ1n) is 13.8. The summed E-state index contributed by atoms with van der Waals surface area (Å²) in [7, 11) is 0. The van der Waals surface area contributed by atoms with Crippen molar-refractivity contribution in [1.82, 2.24) is 9.97 Å². The molecule has 190 valence electrons. The zero-order valence-corrected chi connectivity index (χ0v) is 22.8. The van der Waals surface area contributed by atoms with Gasteiger partial charge in [0.05, 0.1) is 5.69 Å². The van der Waals surface area contributed by atoms with Crippen molar-refractivity contribution < 1.29 is 0 Å². The van der Waals surface area contributed by atoms with Crippen LogP contribution in [0.1, 0.15) is 0 Å². The Labute approximate surface area is 241 Å². The SMILES string of the molecule is c1ccc2c(c1)-c1ccc(-c3cccc4c3sc3ccccc34)cc1-c1ccccc1-c1nc3ncccc3cc1-2. The molecule has 0 unspecified atom stereocenters. The van der Waals surface area contributed by atoms with Crippen LogP contribution >= 0.6 is 11.3 Å². The van der Waals surface area contributed by atoms with E-state index in [-0.39, 0.29) is 0 Å². The molecule has 8 aromatic rings. The monoisotopic (exact) mass is 538 g/mol. The van der Waals surface area contributed by atoms with Crippen molar-refractivity contribution in [3.63, 3.8) is 0 Å². The second-order valence-corrected chi connectivity index (χ2v) is 11.6. The number of thiophene rings is 1. The lowest BCUT2D eigenvalue weighted by molar-refractivity contribution is 1.29. The van der Waals surface area contributed by atoms with Gasteiger partial charge in [0, 0.05) is 42.9 Å². The smallest absolute Gasteiger partial charge is 0.159 e. The molecule has 0 spiro atoms. The number of hydrogen-bond acceptors (Lipinski definition) is 3. The van der Waals surface area contributed by atoms with Crippen LogP contribution in [-0.4, -0.2) is 9.97 Å². The second-order valence-electron chi connectivity index (χ2n) is 10.6. The van der Waals surface area contributed by atoms with Crippen molar-refractivity contribution in [1.29, 1.82) is 0 Å². The molecule has 41 heavy (non-hydrogen) atoms. The molecule has 3 heterocycles. The molecule has 0 saturated heterocycles. The zero-order valence-electron chi connectivity index (χ0n) is 22.0. The summed E-state index contributed by atoms with van der Waals surface area (Å²) in [5, 5.41) is 3.69. The Morgan fingerprint density at radius 1 is 0.463 bits per heavy atom. The van der Waals surface area contributed by atoms with Gasteiger partial charge in [-0.1, -0.05) is 97.1 Å². The van der Waals surface area contributed by atoms with E-state index >= 15 is 0 Å². The number of aromatic nitrogens is 2. The Kier molecular flexibility index (Phi) is 4.80. The predicted octanol–water partition coefficient (Wildman–Crippen LogP) is 10.6. The van der Waals surface area contributed by atoms with Crippen LogP contribution in [-0.2, 0) is 0 Å². The lowest BCUT2D eigenvalue weighted by Gasteiger charge is -2.23. The number of rotatable bonds is 1. The Morgan fingerprint density at radius 2 is 1.15 bits per heavy atom. The molecular weight excluding hydrogens is 516 g/mol. The van der Waals surface area contributed by atoms with Gasteiger partial charge >= 0.3 is 0 Å². The van der Waals surface area contributed by atoms with Crippen LogP contribution in [0.15, 0.2) is 134 Å². The normalized spacial score (nSPS) is 11.9. The third-order valence-electron chi connectivity index (χ3n) is 8.30. The molecule has 1 aliphatic rings. The molecule has 0 bridgehead atoms. The quantitative estimate of drug-likeness (QED) is 0.208. The molecule has 9 rings (SSSR count). The highest BCUT2D eigenvalue weighted by atomic mass is 32.1. The second kappa shape index (κ2) is 8.69. The average molecular weight is 539 g/mol.